The van der Waals surface area contributed by atoms with Crippen molar-refractivity contribution in [2.24, 2.45) is 0 Å². The molecule has 12 heavy (non-hydrogen) atoms. The van der Waals surface area contributed by atoms with E-state index in [2.05, 4.69) is 42.2 Å². The smallest absolute Gasteiger partial charge is 0.133 e. The molecule has 0 saturated carbocycles. The van der Waals surface area contributed by atoms with E-state index in [0.717, 1.165) is 9.32 Å². The number of ether oxygens (including phenoxy) is 1. The van der Waals surface area contributed by atoms with Crippen molar-refractivity contribution in [3.05, 3.63) is 40.0 Å². The first-order chi connectivity index (χ1) is 5.74. The quantitative estimate of drug-likeness (QED) is 0.607. The number of rotatable bonds is 3. The summed E-state index contributed by atoms with van der Waals surface area (Å²) in [7, 11) is 0. The number of hydrogen-bond acceptors (Lipinski definition) is 1. The topological polar surface area (TPSA) is 9.23 Å². The average molecular weight is 274 g/mol. The van der Waals surface area contributed by atoms with E-state index in [1.54, 1.807) is 6.08 Å². The van der Waals surface area contributed by atoms with Gasteiger partial charge in [0.25, 0.3) is 0 Å². The molecule has 0 heterocycles. The molecule has 0 amide bonds. The molecular weight excluding hydrogens is 263 g/mol. The molecule has 0 radical (unpaired) electrons. The zero-order valence-electron chi connectivity index (χ0n) is 7.01. The molecule has 1 rings (SSSR count). The van der Waals surface area contributed by atoms with Gasteiger partial charge in [-0.05, 0) is 47.2 Å². The molecule has 0 unspecified atom stereocenters. The van der Waals surface area contributed by atoms with Gasteiger partial charge in [-0.15, -0.1) is 0 Å². The maximum Gasteiger partial charge on any atom is 0.133 e. The van der Waals surface area contributed by atoms with E-state index in [1.807, 2.05) is 12.1 Å². The van der Waals surface area contributed by atoms with Gasteiger partial charge in [0.1, 0.15) is 12.4 Å². The highest BCUT2D eigenvalue weighted by Crippen LogP contribution is 2.21. The van der Waals surface area contributed by atoms with Crippen molar-refractivity contribution in [2.75, 3.05) is 6.61 Å². The minimum Gasteiger partial charge on any atom is -0.488 e. The van der Waals surface area contributed by atoms with E-state index < -0.39 is 0 Å². The maximum absolute atomic E-state index is 5.42. The zero-order chi connectivity index (χ0) is 8.97. The second-order valence-corrected chi connectivity index (χ2v) is 3.70. The molecule has 0 saturated heterocycles. The molecule has 0 aliphatic rings. The SMILES string of the molecule is C=CCOc1ccc(C)cc1I. The van der Waals surface area contributed by atoms with Crippen LogP contribution in [0.1, 0.15) is 5.56 Å². The highest BCUT2D eigenvalue weighted by Gasteiger charge is 1.98. The minimum absolute atomic E-state index is 0.569. The molecule has 0 N–H and O–H groups in total. The third-order valence-corrected chi connectivity index (χ3v) is 2.29. The Kier molecular flexibility index (Phi) is 3.59. The monoisotopic (exact) mass is 274 g/mol. The Hall–Kier alpha value is -0.510. The van der Waals surface area contributed by atoms with Crippen LogP contribution in [0.3, 0.4) is 0 Å². The Morgan fingerprint density at radius 2 is 2.33 bits per heavy atom. The summed E-state index contributed by atoms with van der Waals surface area (Å²) in [5, 5.41) is 0. The predicted molar refractivity (Wildman–Crippen MR) is 59.6 cm³/mol. The van der Waals surface area contributed by atoms with E-state index in [9.17, 15) is 0 Å². The molecular formula is C10H11IO. The van der Waals surface area contributed by atoms with Gasteiger partial charge in [0.15, 0.2) is 0 Å². The van der Waals surface area contributed by atoms with Crippen LogP contribution < -0.4 is 4.74 Å². The maximum atomic E-state index is 5.42. The lowest BCUT2D eigenvalue weighted by molar-refractivity contribution is 0.360. The summed E-state index contributed by atoms with van der Waals surface area (Å²) in [6.07, 6.45) is 1.75. The van der Waals surface area contributed by atoms with E-state index in [-0.39, 0.29) is 0 Å². The van der Waals surface area contributed by atoms with Gasteiger partial charge in [0, 0.05) is 0 Å². The van der Waals surface area contributed by atoms with Crippen molar-refractivity contribution in [2.45, 2.75) is 6.92 Å². The van der Waals surface area contributed by atoms with Gasteiger partial charge in [0.2, 0.25) is 0 Å². The van der Waals surface area contributed by atoms with Gasteiger partial charge >= 0.3 is 0 Å². The molecule has 1 nitrogen and oxygen atoms in total. The molecule has 64 valence electrons. The van der Waals surface area contributed by atoms with E-state index in [1.165, 1.54) is 5.56 Å². The molecule has 0 fully saturated rings. The number of halogens is 1. The lowest BCUT2D eigenvalue weighted by Crippen LogP contribution is -1.94. The van der Waals surface area contributed by atoms with Gasteiger partial charge < -0.3 is 4.74 Å². The van der Waals surface area contributed by atoms with Crippen LogP contribution in [0, 0.1) is 10.5 Å². The Balaban J connectivity index is 2.78. The Morgan fingerprint density at radius 3 is 2.92 bits per heavy atom. The highest BCUT2D eigenvalue weighted by atomic mass is 127. The fraction of sp³-hybridized carbons (Fsp3) is 0.200. The largest absolute Gasteiger partial charge is 0.488 e. The molecule has 0 spiro atoms. The first kappa shape index (κ1) is 9.58. The van der Waals surface area contributed by atoms with Crippen LogP contribution in [0.2, 0.25) is 0 Å². The van der Waals surface area contributed by atoms with E-state index in [0.29, 0.717) is 6.61 Å². The van der Waals surface area contributed by atoms with E-state index >= 15 is 0 Å². The Morgan fingerprint density at radius 1 is 1.58 bits per heavy atom. The van der Waals surface area contributed by atoms with Crippen molar-refractivity contribution < 1.29 is 4.74 Å². The molecule has 0 atom stereocenters. The van der Waals surface area contributed by atoms with Gasteiger partial charge in [-0.25, -0.2) is 0 Å². The fourth-order valence-electron chi connectivity index (χ4n) is 0.872. The average Bonchev–Trinajstić information content (AvgIpc) is 2.03. The second kappa shape index (κ2) is 4.50. The Bertz CT molecular complexity index is 281. The second-order valence-electron chi connectivity index (χ2n) is 2.53. The molecule has 0 aliphatic carbocycles. The van der Waals surface area contributed by atoms with Gasteiger partial charge in [-0.1, -0.05) is 18.7 Å². The van der Waals surface area contributed by atoms with Crippen LogP contribution in [0.15, 0.2) is 30.9 Å². The lowest BCUT2D eigenvalue weighted by Gasteiger charge is -2.05. The van der Waals surface area contributed by atoms with Crippen LogP contribution in [0.5, 0.6) is 5.75 Å². The normalized spacial score (nSPS) is 9.50. The predicted octanol–water partition coefficient (Wildman–Crippen LogP) is 3.16. The standard InChI is InChI=1S/C10H11IO/c1-3-6-12-10-5-4-8(2)7-9(10)11/h3-5,7H,1,6H2,2H3. The van der Waals surface area contributed by atoms with Crippen LogP contribution in [-0.2, 0) is 0 Å². The summed E-state index contributed by atoms with van der Waals surface area (Å²) in [5.74, 6) is 0.932. The third-order valence-electron chi connectivity index (χ3n) is 1.44. The fourth-order valence-corrected chi connectivity index (χ4v) is 1.70. The van der Waals surface area contributed by atoms with Crippen molar-refractivity contribution in [1.82, 2.24) is 0 Å². The summed E-state index contributed by atoms with van der Waals surface area (Å²) >= 11 is 2.27. The third kappa shape index (κ3) is 2.52. The van der Waals surface area contributed by atoms with Crippen LogP contribution >= 0.6 is 22.6 Å². The lowest BCUT2D eigenvalue weighted by atomic mass is 10.2. The van der Waals surface area contributed by atoms with Crippen molar-refractivity contribution >= 4 is 22.6 Å². The van der Waals surface area contributed by atoms with Crippen LogP contribution in [0.25, 0.3) is 0 Å². The zero-order valence-corrected chi connectivity index (χ0v) is 9.17. The van der Waals surface area contributed by atoms with Crippen molar-refractivity contribution in [3.8, 4) is 5.75 Å². The van der Waals surface area contributed by atoms with E-state index in [4.69, 9.17) is 4.74 Å². The minimum atomic E-state index is 0.569. The van der Waals surface area contributed by atoms with Gasteiger partial charge in [-0.2, -0.15) is 0 Å². The summed E-state index contributed by atoms with van der Waals surface area (Å²) in [5.41, 5.74) is 1.25. The van der Waals surface area contributed by atoms with Crippen LogP contribution in [0.4, 0.5) is 0 Å². The van der Waals surface area contributed by atoms with Gasteiger partial charge in [0.05, 0.1) is 3.57 Å². The first-order valence-corrected chi connectivity index (χ1v) is 4.82. The summed E-state index contributed by atoms with van der Waals surface area (Å²) < 4.78 is 6.56. The molecule has 2 heteroatoms. The summed E-state index contributed by atoms with van der Waals surface area (Å²) in [6.45, 7) is 6.23. The molecule has 0 aliphatic heterocycles. The van der Waals surface area contributed by atoms with Crippen molar-refractivity contribution in [1.29, 1.82) is 0 Å². The van der Waals surface area contributed by atoms with Crippen LogP contribution in [-0.4, -0.2) is 6.61 Å². The highest BCUT2D eigenvalue weighted by molar-refractivity contribution is 14.1. The summed E-state index contributed by atoms with van der Waals surface area (Å²) in [6, 6.07) is 6.13. The molecule has 0 aromatic heterocycles. The van der Waals surface area contributed by atoms with Gasteiger partial charge in [-0.3, -0.25) is 0 Å². The first-order valence-electron chi connectivity index (χ1n) is 3.74. The number of hydrogen-bond donors (Lipinski definition) is 0. The number of aryl methyl sites for hydroxylation is 1. The molecule has 1 aromatic carbocycles. The number of benzene rings is 1. The molecule has 0 bridgehead atoms. The Labute approximate surface area is 86.6 Å². The molecule has 1 aromatic rings. The van der Waals surface area contributed by atoms with Crippen molar-refractivity contribution in [3.63, 3.8) is 0 Å². The summed E-state index contributed by atoms with van der Waals surface area (Å²) in [4.78, 5) is 0.